The normalized spacial score (nSPS) is 18.2. The van der Waals surface area contributed by atoms with Crippen LogP contribution in [0.1, 0.15) is 45.4 Å². The number of nitrogens with zero attached hydrogens (tertiary/aromatic N) is 2. The first-order valence-electron chi connectivity index (χ1n) is 7.41. The van der Waals surface area contributed by atoms with Crippen LogP contribution in [0.5, 0.6) is 0 Å². The molecule has 102 valence electrons. The Labute approximate surface area is 115 Å². The van der Waals surface area contributed by atoms with Crippen LogP contribution < -0.4 is 5.32 Å². The molecule has 1 aliphatic rings. The van der Waals surface area contributed by atoms with Crippen molar-refractivity contribution in [2.75, 3.05) is 0 Å². The molecule has 0 radical (unpaired) electrons. The standard InChI is InChI=1S/C16H23N3/c1-3-19-14-9-5-4-8-13(14)18-15(19)12-17-16(2)10-6-7-11-16/h4-5,8-9,17H,3,6-7,10-12H2,1-2H3. The van der Waals surface area contributed by atoms with Crippen molar-refractivity contribution in [3.05, 3.63) is 30.1 Å². The molecule has 3 heteroatoms. The highest BCUT2D eigenvalue weighted by molar-refractivity contribution is 5.75. The lowest BCUT2D eigenvalue weighted by molar-refractivity contribution is 0.355. The molecule has 1 fully saturated rings. The van der Waals surface area contributed by atoms with Crippen molar-refractivity contribution in [1.29, 1.82) is 0 Å². The molecule has 3 nitrogen and oxygen atoms in total. The van der Waals surface area contributed by atoms with Crippen LogP contribution >= 0.6 is 0 Å². The van der Waals surface area contributed by atoms with E-state index in [4.69, 9.17) is 4.98 Å². The molecule has 0 aliphatic heterocycles. The van der Waals surface area contributed by atoms with E-state index in [1.807, 2.05) is 0 Å². The molecule has 1 aliphatic carbocycles. The topological polar surface area (TPSA) is 29.9 Å². The van der Waals surface area contributed by atoms with Gasteiger partial charge < -0.3 is 9.88 Å². The van der Waals surface area contributed by atoms with Gasteiger partial charge in [-0.05, 0) is 38.8 Å². The molecule has 0 saturated heterocycles. The highest BCUT2D eigenvalue weighted by Gasteiger charge is 2.28. The minimum Gasteiger partial charge on any atom is -0.327 e. The fourth-order valence-corrected chi connectivity index (χ4v) is 3.24. The molecule has 0 spiro atoms. The highest BCUT2D eigenvalue weighted by Crippen LogP contribution is 2.29. The van der Waals surface area contributed by atoms with Gasteiger partial charge in [-0.25, -0.2) is 4.98 Å². The van der Waals surface area contributed by atoms with E-state index in [0.29, 0.717) is 5.54 Å². The zero-order valence-electron chi connectivity index (χ0n) is 11.9. The molecule has 2 aromatic rings. The summed E-state index contributed by atoms with van der Waals surface area (Å²) in [5.74, 6) is 1.16. The zero-order chi connectivity index (χ0) is 13.3. The quantitative estimate of drug-likeness (QED) is 0.908. The molecule has 0 unspecified atom stereocenters. The van der Waals surface area contributed by atoms with Crippen LogP contribution in [0.4, 0.5) is 0 Å². The average molecular weight is 257 g/mol. The highest BCUT2D eigenvalue weighted by atomic mass is 15.1. The SMILES string of the molecule is CCn1c(CNC2(C)CCCC2)nc2ccccc21. The average Bonchev–Trinajstić information content (AvgIpc) is 3.00. The van der Waals surface area contributed by atoms with Crippen LogP contribution in [0, 0.1) is 0 Å². The van der Waals surface area contributed by atoms with Gasteiger partial charge in [0, 0.05) is 12.1 Å². The summed E-state index contributed by atoms with van der Waals surface area (Å²) in [7, 11) is 0. The van der Waals surface area contributed by atoms with Crippen LogP contribution in [-0.2, 0) is 13.1 Å². The number of rotatable bonds is 4. The second-order valence-corrected chi connectivity index (χ2v) is 5.88. The molecule has 1 heterocycles. The summed E-state index contributed by atoms with van der Waals surface area (Å²) in [5, 5.41) is 3.73. The number of fused-ring (bicyclic) bond motifs is 1. The maximum absolute atomic E-state index is 4.78. The van der Waals surface area contributed by atoms with E-state index in [-0.39, 0.29) is 0 Å². The number of nitrogens with one attached hydrogen (secondary N) is 1. The van der Waals surface area contributed by atoms with Crippen molar-refractivity contribution in [3.63, 3.8) is 0 Å². The molecule has 0 amide bonds. The van der Waals surface area contributed by atoms with E-state index in [1.54, 1.807) is 0 Å². The fourth-order valence-electron chi connectivity index (χ4n) is 3.24. The first kappa shape index (κ1) is 12.7. The minimum absolute atomic E-state index is 0.316. The lowest BCUT2D eigenvalue weighted by Crippen LogP contribution is -2.39. The minimum atomic E-state index is 0.316. The Balaban J connectivity index is 1.84. The number of aryl methyl sites for hydroxylation is 1. The van der Waals surface area contributed by atoms with Gasteiger partial charge in [0.25, 0.3) is 0 Å². The first-order chi connectivity index (χ1) is 9.22. The summed E-state index contributed by atoms with van der Waals surface area (Å²) < 4.78 is 2.32. The van der Waals surface area contributed by atoms with Crippen LogP contribution in [0.3, 0.4) is 0 Å². The third-order valence-electron chi connectivity index (χ3n) is 4.43. The van der Waals surface area contributed by atoms with Gasteiger partial charge in [0.1, 0.15) is 5.82 Å². The van der Waals surface area contributed by atoms with Crippen molar-refractivity contribution in [2.24, 2.45) is 0 Å². The summed E-state index contributed by atoms with van der Waals surface area (Å²) >= 11 is 0. The van der Waals surface area contributed by atoms with Gasteiger partial charge in [0.15, 0.2) is 0 Å². The third-order valence-corrected chi connectivity index (χ3v) is 4.43. The summed E-state index contributed by atoms with van der Waals surface area (Å²) in [6.07, 6.45) is 5.29. The predicted molar refractivity (Wildman–Crippen MR) is 79.1 cm³/mol. The molecule has 19 heavy (non-hydrogen) atoms. The lowest BCUT2D eigenvalue weighted by Gasteiger charge is -2.25. The smallest absolute Gasteiger partial charge is 0.123 e. The number of aromatic nitrogens is 2. The second-order valence-electron chi connectivity index (χ2n) is 5.88. The number of benzene rings is 1. The second kappa shape index (κ2) is 4.97. The maximum Gasteiger partial charge on any atom is 0.123 e. The van der Waals surface area contributed by atoms with Crippen LogP contribution in [0.15, 0.2) is 24.3 Å². The van der Waals surface area contributed by atoms with E-state index in [2.05, 4.69) is 48.0 Å². The number of hydrogen-bond donors (Lipinski definition) is 1. The van der Waals surface area contributed by atoms with Crippen LogP contribution in [0.2, 0.25) is 0 Å². The molecule has 1 aromatic carbocycles. The van der Waals surface area contributed by atoms with E-state index in [1.165, 1.54) is 31.2 Å². The van der Waals surface area contributed by atoms with Crippen molar-refractivity contribution in [2.45, 2.75) is 58.2 Å². The molecular weight excluding hydrogens is 234 g/mol. The number of imidazole rings is 1. The third kappa shape index (κ3) is 2.39. The van der Waals surface area contributed by atoms with Gasteiger partial charge in [-0.3, -0.25) is 0 Å². The van der Waals surface area contributed by atoms with Gasteiger partial charge >= 0.3 is 0 Å². The largest absolute Gasteiger partial charge is 0.327 e. The Bertz CT molecular complexity index is 564. The zero-order valence-corrected chi connectivity index (χ0v) is 11.9. The summed E-state index contributed by atoms with van der Waals surface area (Å²) in [6.45, 7) is 6.39. The Hall–Kier alpha value is -1.35. The molecular formula is C16H23N3. The molecule has 0 atom stereocenters. The Kier molecular flexibility index (Phi) is 3.31. The van der Waals surface area contributed by atoms with Crippen LogP contribution in [-0.4, -0.2) is 15.1 Å². The molecule has 1 aromatic heterocycles. The van der Waals surface area contributed by atoms with Crippen molar-refractivity contribution >= 4 is 11.0 Å². The number of para-hydroxylation sites is 2. The fraction of sp³-hybridized carbons (Fsp3) is 0.562. The van der Waals surface area contributed by atoms with Crippen molar-refractivity contribution in [3.8, 4) is 0 Å². The van der Waals surface area contributed by atoms with E-state index >= 15 is 0 Å². The molecule has 3 rings (SSSR count). The van der Waals surface area contributed by atoms with E-state index in [9.17, 15) is 0 Å². The lowest BCUT2D eigenvalue weighted by atomic mass is 10.0. The summed E-state index contributed by atoms with van der Waals surface area (Å²) in [6, 6.07) is 8.41. The molecule has 0 bridgehead atoms. The van der Waals surface area contributed by atoms with Crippen molar-refractivity contribution in [1.82, 2.24) is 14.9 Å². The van der Waals surface area contributed by atoms with Gasteiger partial charge in [0.05, 0.1) is 17.6 Å². The van der Waals surface area contributed by atoms with Gasteiger partial charge in [0.2, 0.25) is 0 Å². The summed E-state index contributed by atoms with van der Waals surface area (Å²) in [5.41, 5.74) is 2.67. The number of hydrogen-bond acceptors (Lipinski definition) is 2. The van der Waals surface area contributed by atoms with E-state index in [0.717, 1.165) is 24.4 Å². The van der Waals surface area contributed by atoms with E-state index < -0.39 is 0 Å². The van der Waals surface area contributed by atoms with Gasteiger partial charge in [-0.1, -0.05) is 25.0 Å². The first-order valence-corrected chi connectivity index (χ1v) is 7.41. The molecule has 1 N–H and O–H groups in total. The summed E-state index contributed by atoms with van der Waals surface area (Å²) in [4.78, 5) is 4.78. The Morgan fingerprint density at radius 1 is 1.26 bits per heavy atom. The maximum atomic E-state index is 4.78. The van der Waals surface area contributed by atoms with Gasteiger partial charge in [-0.2, -0.15) is 0 Å². The monoisotopic (exact) mass is 257 g/mol. The Morgan fingerprint density at radius 3 is 2.74 bits per heavy atom. The van der Waals surface area contributed by atoms with Gasteiger partial charge in [-0.15, -0.1) is 0 Å². The Morgan fingerprint density at radius 2 is 2.00 bits per heavy atom. The molecule has 1 saturated carbocycles. The predicted octanol–water partition coefficient (Wildman–Crippen LogP) is 3.48. The van der Waals surface area contributed by atoms with Crippen molar-refractivity contribution < 1.29 is 0 Å². The van der Waals surface area contributed by atoms with Crippen LogP contribution in [0.25, 0.3) is 11.0 Å².